The van der Waals surface area contributed by atoms with Crippen molar-refractivity contribution in [1.29, 1.82) is 0 Å². The molecule has 2 aromatic carbocycles. The summed E-state index contributed by atoms with van der Waals surface area (Å²) in [5.41, 5.74) is 0.160. The van der Waals surface area contributed by atoms with Crippen molar-refractivity contribution in [3.8, 4) is 5.75 Å². The molecule has 2 N–H and O–H groups in total. The van der Waals surface area contributed by atoms with Crippen LogP contribution in [0, 0.1) is 10.1 Å². The second-order valence-corrected chi connectivity index (χ2v) is 5.33. The second-order valence-electron chi connectivity index (χ2n) is 4.89. The number of nitrogens with one attached hydrogen (secondary N) is 1. The number of carbonyl (C=O) groups is 1. The van der Waals surface area contributed by atoms with Crippen LogP contribution in [0.3, 0.4) is 0 Å². The first-order valence-electron chi connectivity index (χ1n) is 6.77. The van der Waals surface area contributed by atoms with Crippen LogP contribution in [-0.4, -0.2) is 22.2 Å². The van der Waals surface area contributed by atoms with Gasteiger partial charge in [0, 0.05) is 28.3 Å². The SMILES string of the molecule is O=C(N/N=C/c1cc(Cl)cc(C(F)(F)F)c1O)c1ccc([N+](=O)[O-])cc1. The maximum Gasteiger partial charge on any atom is 0.420 e. The Balaban J connectivity index is 2.16. The number of phenols is 1. The van der Waals surface area contributed by atoms with Crippen LogP contribution in [0.2, 0.25) is 5.02 Å². The third-order valence-corrected chi connectivity index (χ3v) is 3.34. The molecular formula is C15H9ClF3N3O4. The van der Waals surface area contributed by atoms with Crippen molar-refractivity contribution < 1.29 is 28.0 Å². The van der Waals surface area contributed by atoms with Gasteiger partial charge >= 0.3 is 6.18 Å². The third-order valence-electron chi connectivity index (χ3n) is 3.12. The van der Waals surface area contributed by atoms with E-state index in [1.54, 1.807) is 0 Å². The quantitative estimate of drug-likeness (QED) is 0.473. The van der Waals surface area contributed by atoms with Gasteiger partial charge in [0.15, 0.2) is 0 Å². The van der Waals surface area contributed by atoms with E-state index in [0.29, 0.717) is 6.07 Å². The molecule has 0 aromatic heterocycles. The van der Waals surface area contributed by atoms with Crippen LogP contribution in [0.5, 0.6) is 5.75 Å². The zero-order chi connectivity index (χ0) is 19.5. The lowest BCUT2D eigenvalue weighted by molar-refractivity contribution is -0.384. The lowest BCUT2D eigenvalue weighted by Gasteiger charge is -2.11. The highest BCUT2D eigenvalue weighted by molar-refractivity contribution is 6.31. The highest BCUT2D eigenvalue weighted by atomic mass is 35.5. The lowest BCUT2D eigenvalue weighted by Crippen LogP contribution is -2.17. The van der Waals surface area contributed by atoms with Gasteiger partial charge in [-0.3, -0.25) is 14.9 Å². The Morgan fingerprint density at radius 3 is 2.42 bits per heavy atom. The Morgan fingerprint density at radius 2 is 1.88 bits per heavy atom. The summed E-state index contributed by atoms with van der Waals surface area (Å²) in [6.07, 6.45) is -4.03. The van der Waals surface area contributed by atoms with Crippen molar-refractivity contribution in [2.24, 2.45) is 5.10 Å². The molecule has 11 heteroatoms. The van der Waals surface area contributed by atoms with Crippen molar-refractivity contribution in [1.82, 2.24) is 5.43 Å². The summed E-state index contributed by atoms with van der Waals surface area (Å²) in [5.74, 6) is -1.84. The number of aromatic hydroxyl groups is 1. The summed E-state index contributed by atoms with van der Waals surface area (Å²) >= 11 is 5.59. The highest BCUT2D eigenvalue weighted by Gasteiger charge is 2.35. The molecule has 7 nitrogen and oxygen atoms in total. The summed E-state index contributed by atoms with van der Waals surface area (Å²) in [5, 5.41) is 23.4. The fraction of sp³-hybridized carbons (Fsp3) is 0.0667. The summed E-state index contributed by atoms with van der Waals surface area (Å²) in [7, 11) is 0. The second kappa shape index (κ2) is 7.40. The van der Waals surface area contributed by atoms with Crippen molar-refractivity contribution >= 4 is 29.4 Å². The zero-order valence-corrected chi connectivity index (χ0v) is 13.4. The van der Waals surface area contributed by atoms with Crippen LogP contribution in [0.25, 0.3) is 0 Å². The van der Waals surface area contributed by atoms with Gasteiger partial charge in [0.2, 0.25) is 0 Å². The number of nitrogens with zero attached hydrogens (tertiary/aromatic N) is 2. The molecule has 0 unspecified atom stereocenters. The molecular weight excluding hydrogens is 379 g/mol. The van der Waals surface area contributed by atoms with Crippen molar-refractivity contribution in [2.45, 2.75) is 6.18 Å². The minimum atomic E-state index is -4.82. The molecule has 0 fully saturated rings. The van der Waals surface area contributed by atoms with Crippen LogP contribution < -0.4 is 5.43 Å². The number of nitro benzene ring substituents is 1. The lowest BCUT2D eigenvalue weighted by atomic mass is 10.1. The van der Waals surface area contributed by atoms with E-state index in [0.717, 1.165) is 24.4 Å². The fourth-order valence-corrected chi connectivity index (χ4v) is 2.12. The molecule has 0 atom stereocenters. The largest absolute Gasteiger partial charge is 0.507 e. The Hall–Kier alpha value is -3.14. The van der Waals surface area contributed by atoms with Crippen molar-refractivity contribution in [3.63, 3.8) is 0 Å². The molecule has 136 valence electrons. The molecule has 2 rings (SSSR count). The first-order valence-corrected chi connectivity index (χ1v) is 7.15. The number of halogens is 4. The van der Waals surface area contributed by atoms with Gasteiger partial charge in [-0.1, -0.05) is 11.6 Å². The number of hydrazone groups is 1. The smallest absolute Gasteiger partial charge is 0.420 e. The normalized spacial score (nSPS) is 11.5. The molecule has 0 radical (unpaired) electrons. The molecule has 0 heterocycles. The Labute approximate surface area is 148 Å². The van der Waals surface area contributed by atoms with E-state index in [1.165, 1.54) is 12.1 Å². The number of alkyl halides is 3. The topological polar surface area (TPSA) is 105 Å². The van der Waals surface area contributed by atoms with E-state index >= 15 is 0 Å². The van der Waals surface area contributed by atoms with Crippen molar-refractivity contribution in [2.75, 3.05) is 0 Å². The predicted octanol–water partition coefficient (Wildman–Crippen LogP) is 3.74. The van der Waals surface area contributed by atoms with Gasteiger partial charge in [-0.15, -0.1) is 0 Å². The average molecular weight is 388 g/mol. The Morgan fingerprint density at radius 1 is 1.27 bits per heavy atom. The number of nitro groups is 1. The van der Waals surface area contributed by atoms with Gasteiger partial charge in [-0.2, -0.15) is 18.3 Å². The molecule has 0 aliphatic heterocycles. The third kappa shape index (κ3) is 4.48. The van der Waals surface area contributed by atoms with E-state index in [4.69, 9.17) is 11.6 Å². The fourth-order valence-electron chi connectivity index (χ4n) is 1.89. The Bertz CT molecular complexity index is 883. The van der Waals surface area contributed by atoms with Gasteiger partial charge in [0.1, 0.15) is 5.75 Å². The number of non-ortho nitro benzene ring substituents is 1. The number of rotatable bonds is 4. The van der Waals surface area contributed by atoms with E-state index < -0.39 is 28.3 Å². The minimum absolute atomic E-state index is 0.0408. The molecule has 0 aliphatic carbocycles. The van der Waals surface area contributed by atoms with Gasteiger partial charge in [0.25, 0.3) is 11.6 Å². The van der Waals surface area contributed by atoms with Gasteiger partial charge in [0.05, 0.1) is 16.7 Å². The van der Waals surface area contributed by atoms with Gasteiger partial charge in [-0.25, -0.2) is 5.43 Å². The minimum Gasteiger partial charge on any atom is -0.507 e. The molecule has 0 bridgehead atoms. The summed E-state index contributed by atoms with van der Waals surface area (Å²) in [6, 6.07) is 6.18. The van der Waals surface area contributed by atoms with E-state index in [2.05, 4.69) is 5.10 Å². The van der Waals surface area contributed by atoms with E-state index in [9.17, 15) is 33.2 Å². The van der Waals surface area contributed by atoms with Gasteiger partial charge < -0.3 is 5.11 Å². The summed E-state index contributed by atoms with van der Waals surface area (Å²) < 4.78 is 38.4. The van der Waals surface area contributed by atoms with Crippen LogP contribution in [0.15, 0.2) is 41.5 Å². The average Bonchev–Trinajstić information content (AvgIpc) is 2.56. The van der Waals surface area contributed by atoms with E-state index in [-0.39, 0.29) is 21.8 Å². The number of benzene rings is 2. The van der Waals surface area contributed by atoms with Crippen LogP contribution in [0.1, 0.15) is 21.5 Å². The molecule has 0 saturated carbocycles. The number of hydrogen-bond donors (Lipinski definition) is 2. The first kappa shape index (κ1) is 19.2. The number of phenolic OH excluding ortho intramolecular Hbond substituents is 1. The molecule has 26 heavy (non-hydrogen) atoms. The molecule has 2 aromatic rings. The maximum atomic E-state index is 12.8. The first-order chi connectivity index (χ1) is 12.1. The molecule has 0 spiro atoms. The summed E-state index contributed by atoms with van der Waals surface area (Å²) in [4.78, 5) is 21.7. The number of carbonyl (C=O) groups excluding carboxylic acids is 1. The highest BCUT2D eigenvalue weighted by Crippen LogP contribution is 2.38. The zero-order valence-electron chi connectivity index (χ0n) is 12.6. The maximum absolute atomic E-state index is 12.8. The molecule has 1 amide bonds. The number of hydrogen-bond acceptors (Lipinski definition) is 5. The monoisotopic (exact) mass is 387 g/mol. The van der Waals surface area contributed by atoms with Gasteiger partial charge in [-0.05, 0) is 24.3 Å². The molecule has 0 aliphatic rings. The molecule has 0 saturated heterocycles. The van der Waals surface area contributed by atoms with Crippen molar-refractivity contribution in [3.05, 3.63) is 68.2 Å². The van der Waals surface area contributed by atoms with Crippen LogP contribution in [0.4, 0.5) is 18.9 Å². The number of amides is 1. The Kier molecular flexibility index (Phi) is 5.46. The predicted molar refractivity (Wildman–Crippen MR) is 86.3 cm³/mol. The summed E-state index contributed by atoms with van der Waals surface area (Å²) in [6.45, 7) is 0. The van der Waals surface area contributed by atoms with Crippen LogP contribution in [-0.2, 0) is 6.18 Å². The standard InChI is InChI=1S/C15H9ClF3N3O4/c16-10-5-9(13(23)12(6-10)15(17,18)19)7-20-21-14(24)8-1-3-11(4-2-8)22(25)26/h1-7,23H,(H,21,24)/b20-7+. The van der Waals surface area contributed by atoms with E-state index in [1.807, 2.05) is 5.43 Å². The van der Waals surface area contributed by atoms with Crippen LogP contribution >= 0.6 is 11.6 Å².